The number of aromatic nitrogens is 1. The van der Waals surface area contributed by atoms with E-state index in [9.17, 15) is 27.6 Å². The summed E-state index contributed by atoms with van der Waals surface area (Å²) in [4.78, 5) is 40.1. The quantitative estimate of drug-likeness (QED) is 0.485. The third kappa shape index (κ3) is 4.93. The van der Waals surface area contributed by atoms with E-state index in [0.29, 0.717) is 11.3 Å². The topological polar surface area (TPSA) is 71.4 Å². The molecule has 6 nitrogen and oxygen atoms in total. The fraction of sp³-hybridized carbons (Fsp3) is 0.435. The van der Waals surface area contributed by atoms with Crippen molar-refractivity contribution in [3.63, 3.8) is 0 Å². The zero-order valence-electron chi connectivity index (χ0n) is 18.8. The molecule has 1 saturated carbocycles. The Bertz CT molecular complexity index is 1120. The van der Waals surface area contributed by atoms with Crippen molar-refractivity contribution < 1.29 is 27.6 Å². The van der Waals surface area contributed by atoms with Crippen molar-refractivity contribution in [3.8, 4) is 0 Å². The maximum Gasteiger partial charge on any atom is 0.296 e. The first kappa shape index (κ1) is 24.8. The van der Waals surface area contributed by atoms with Crippen molar-refractivity contribution >= 4 is 34.9 Å². The van der Waals surface area contributed by atoms with E-state index < -0.39 is 35.4 Å². The van der Waals surface area contributed by atoms with Gasteiger partial charge in [0.2, 0.25) is 5.92 Å². The van der Waals surface area contributed by atoms with E-state index >= 15 is 0 Å². The number of rotatable bonds is 5. The van der Waals surface area contributed by atoms with Gasteiger partial charge in [0, 0.05) is 44.4 Å². The van der Waals surface area contributed by atoms with Gasteiger partial charge >= 0.3 is 0 Å². The zero-order chi connectivity index (χ0) is 24.7. The summed E-state index contributed by atoms with van der Waals surface area (Å²) in [6, 6.07) is 3.28. The number of Topliss-reactive ketones (excluding diaryl/α,β-unsaturated/α-hetero) is 1. The molecule has 0 bridgehead atoms. The summed E-state index contributed by atoms with van der Waals surface area (Å²) in [5, 5.41) is 2.46. The Labute approximate surface area is 194 Å². The van der Waals surface area contributed by atoms with Gasteiger partial charge in [0.1, 0.15) is 5.82 Å². The molecule has 1 aliphatic carbocycles. The third-order valence-corrected chi connectivity index (χ3v) is 6.59. The molecule has 0 aliphatic heterocycles. The molecule has 3 rings (SSSR count). The van der Waals surface area contributed by atoms with Crippen LogP contribution in [0, 0.1) is 19.7 Å². The number of hydrogen-bond donors (Lipinski definition) is 1. The molecule has 0 atom stereocenters. The molecule has 2 aromatic rings. The van der Waals surface area contributed by atoms with Crippen molar-refractivity contribution in [1.29, 1.82) is 0 Å². The molecule has 2 amide bonds. The average molecular weight is 484 g/mol. The second-order valence-corrected chi connectivity index (χ2v) is 8.82. The standard InChI is InChI=1S/C23H25ClF3N3O3/c1-12-18(21(32)28-14-5-6-17(25)16(24)11-14)13(2)29(3)19(12)20(31)22(33)30(4)15-7-9-23(26,27)10-8-15/h5-6,11,15H,7-10H2,1-4H3,(H,28,32). The lowest BCUT2D eigenvalue weighted by Crippen LogP contribution is -2.44. The Kier molecular flexibility index (Phi) is 6.93. The van der Waals surface area contributed by atoms with E-state index in [1.165, 1.54) is 28.6 Å². The van der Waals surface area contributed by atoms with Crippen LogP contribution in [0.4, 0.5) is 18.9 Å². The van der Waals surface area contributed by atoms with Gasteiger partial charge in [-0.15, -0.1) is 0 Å². The number of nitrogens with one attached hydrogen (secondary N) is 1. The summed E-state index contributed by atoms with van der Waals surface area (Å²) in [6.45, 7) is 3.19. The SMILES string of the molecule is Cc1c(C(=O)Nc2ccc(F)c(Cl)c2)c(C)n(C)c1C(=O)C(=O)N(C)C1CCC(F)(F)CC1. The highest BCUT2D eigenvalue weighted by molar-refractivity contribution is 6.43. The molecular formula is C23H25ClF3N3O3. The van der Waals surface area contributed by atoms with Gasteiger partial charge in [0.15, 0.2) is 0 Å². The zero-order valence-corrected chi connectivity index (χ0v) is 19.5. The molecule has 0 unspecified atom stereocenters. The van der Waals surface area contributed by atoms with Crippen molar-refractivity contribution in [1.82, 2.24) is 9.47 Å². The van der Waals surface area contributed by atoms with Crippen LogP contribution >= 0.6 is 11.6 Å². The lowest BCUT2D eigenvalue weighted by molar-refractivity contribution is -0.130. The van der Waals surface area contributed by atoms with Crippen LogP contribution in [0.2, 0.25) is 5.02 Å². The number of carbonyl (C=O) groups is 3. The third-order valence-electron chi connectivity index (χ3n) is 6.30. The average Bonchev–Trinajstić information content (AvgIpc) is 2.97. The van der Waals surface area contributed by atoms with Crippen LogP contribution in [0.15, 0.2) is 18.2 Å². The van der Waals surface area contributed by atoms with E-state index in [0.717, 1.165) is 6.07 Å². The van der Waals surface area contributed by atoms with Gasteiger partial charge in [-0.1, -0.05) is 11.6 Å². The summed E-state index contributed by atoms with van der Waals surface area (Å²) in [7, 11) is 3.00. The minimum atomic E-state index is -2.74. The molecule has 1 fully saturated rings. The summed E-state index contributed by atoms with van der Waals surface area (Å²) in [5.74, 6) is -5.54. The number of halogens is 4. The van der Waals surface area contributed by atoms with Crippen molar-refractivity contribution in [2.75, 3.05) is 12.4 Å². The van der Waals surface area contributed by atoms with Crippen LogP contribution in [0.5, 0.6) is 0 Å². The summed E-state index contributed by atoms with van der Waals surface area (Å²) < 4.78 is 41.8. The van der Waals surface area contributed by atoms with E-state index in [2.05, 4.69) is 5.32 Å². The molecule has 1 N–H and O–H groups in total. The molecule has 33 heavy (non-hydrogen) atoms. The first-order chi connectivity index (χ1) is 15.3. The van der Waals surface area contributed by atoms with E-state index in [1.807, 2.05) is 0 Å². The predicted molar refractivity (Wildman–Crippen MR) is 119 cm³/mol. The molecular weight excluding hydrogens is 459 g/mol. The summed E-state index contributed by atoms with van der Waals surface area (Å²) in [5.41, 5.74) is 1.28. The van der Waals surface area contributed by atoms with Gasteiger partial charge in [0.25, 0.3) is 17.6 Å². The largest absolute Gasteiger partial charge is 0.344 e. The van der Waals surface area contributed by atoms with Crippen LogP contribution < -0.4 is 5.32 Å². The van der Waals surface area contributed by atoms with Crippen LogP contribution in [-0.4, -0.2) is 46.1 Å². The second-order valence-electron chi connectivity index (χ2n) is 8.41. The van der Waals surface area contributed by atoms with E-state index in [1.54, 1.807) is 20.9 Å². The lowest BCUT2D eigenvalue weighted by atomic mass is 9.91. The molecule has 1 aromatic carbocycles. The van der Waals surface area contributed by atoms with Crippen LogP contribution in [-0.2, 0) is 11.8 Å². The number of alkyl halides is 2. The number of ketones is 1. The maximum absolute atomic E-state index is 13.5. The number of benzene rings is 1. The Morgan fingerprint density at radius 1 is 1.18 bits per heavy atom. The molecule has 1 aliphatic rings. The van der Waals surface area contributed by atoms with Crippen molar-refractivity contribution in [3.05, 3.63) is 51.6 Å². The van der Waals surface area contributed by atoms with Crippen LogP contribution in [0.1, 0.15) is 57.8 Å². The number of anilines is 1. The van der Waals surface area contributed by atoms with E-state index in [4.69, 9.17) is 11.6 Å². The molecule has 0 saturated heterocycles. The highest BCUT2D eigenvalue weighted by atomic mass is 35.5. The predicted octanol–water partition coefficient (Wildman–Crippen LogP) is 4.91. The number of carbonyl (C=O) groups excluding carboxylic acids is 3. The van der Waals surface area contributed by atoms with Gasteiger partial charge in [-0.2, -0.15) is 0 Å². The lowest BCUT2D eigenvalue weighted by Gasteiger charge is -2.34. The molecule has 0 spiro atoms. The Morgan fingerprint density at radius 3 is 2.36 bits per heavy atom. The molecule has 1 aromatic heterocycles. The van der Waals surface area contributed by atoms with Gasteiger partial charge in [-0.3, -0.25) is 14.4 Å². The number of nitrogens with zero attached hydrogens (tertiary/aromatic N) is 2. The molecule has 1 heterocycles. The molecule has 178 valence electrons. The number of hydrogen-bond acceptors (Lipinski definition) is 3. The Balaban J connectivity index is 1.83. The van der Waals surface area contributed by atoms with Crippen molar-refractivity contribution in [2.24, 2.45) is 7.05 Å². The normalized spacial score (nSPS) is 15.9. The minimum absolute atomic E-state index is 0.0489. The highest BCUT2D eigenvalue weighted by Gasteiger charge is 2.39. The minimum Gasteiger partial charge on any atom is -0.344 e. The maximum atomic E-state index is 13.5. The van der Waals surface area contributed by atoms with Gasteiger partial charge in [-0.05, 0) is 50.5 Å². The Morgan fingerprint density at radius 2 is 1.79 bits per heavy atom. The van der Waals surface area contributed by atoms with Gasteiger partial charge < -0.3 is 14.8 Å². The molecule has 0 radical (unpaired) electrons. The smallest absolute Gasteiger partial charge is 0.296 e. The fourth-order valence-corrected chi connectivity index (χ4v) is 4.42. The fourth-order valence-electron chi connectivity index (χ4n) is 4.24. The highest BCUT2D eigenvalue weighted by Crippen LogP contribution is 2.35. The summed E-state index contributed by atoms with van der Waals surface area (Å²) >= 11 is 5.76. The summed E-state index contributed by atoms with van der Waals surface area (Å²) in [6.07, 6.45) is -0.434. The van der Waals surface area contributed by atoms with Crippen molar-refractivity contribution in [2.45, 2.75) is 51.5 Å². The number of likely N-dealkylation sites (N-methyl/N-ethyl adjacent to an activating group) is 1. The van der Waals surface area contributed by atoms with Crippen LogP contribution in [0.25, 0.3) is 0 Å². The number of amides is 2. The Hall–Kier alpha value is -2.81. The first-order valence-electron chi connectivity index (χ1n) is 10.5. The van der Waals surface area contributed by atoms with E-state index in [-0.39, 0.29) is 47.7 Å². The van der Waals surface area contributed by atoms with Gasteiger partial charge in [-0.25, -0.2) is 13.2 Å². The first-order valence-corrected chi connectivity index (χ1v) is 10.8. The second kappa shape index (κ2) is 9.21. The van der Waals surface area contributed by atoms with Gasteiger partial charge in [0.05, 0.1) is 16.3 Å². The van der Waals surface area contributed by atoms with Crippen LogP contribution in [0.3, 0.4) is 0 Å². The molecule has 10 heteroatoms. The monoisotopic (exact) mass is 483 g/mol.